The number of nitrogens with zero attached hydrogens (tertiary/aromatic N) is 1. The van der Waals surface area contributed by atoms with Crippen molar-refractivity contribution in [1.29, 1.82) is 0 Å². The second-order valence-electron chi connectivity index (χ2n) is 7.21. The molecule has 2 heterocycles. The van der Waals surface area contributed by atoms with E-state index in [1.165, 1.54) is 16.8 Å². The quantitative estimate of drug-likeness (QED) is 0.635. The molecule has 0 saturated carbocycles. The summed E-state index contributed by atoms with van der Waals surface area (Å²) in [6.45, 7) is 6.55. The van der Waals surface area contributed by atoms with Crippen LogP contribution < -0.4 is 0 Å². The van der Waals surface area contributed by atoms with Gasteiger partial charge in [-0.2, -0.15) is 4.31 Å². The number of benzene rings is 1. The van der Waals surface area contributed by atoms with Gasteiger partial charge in [0.05, 0.1) is 30.5 Å². The van der Waals surface area contributed by atoms with E-state index in [1.807, 2.05) is 12.1 Å². The summed E-state index contributed by atoms with van der Waals surface area (Å²) in [4.78, 5) is 0.253. The summed E-state index contributed by atoms with van der Waals surface area (Å²) in [5.41, 5.74) is 1.05. The second kappa shape index (κ2) is 7.13. The number of hydrogen-bond donors (Lipinski definition) is 0. The molecule has 5 nitrogen and oxygen atoms in total. The maximum atomic E-state index is 13.2. The van der Waals surface area contributed by atoms with Crippen molar-refractivity contribution in [3.8, 4) is 0 Å². The normalized spacial score (nSPS) is 12.6. The molecule has 0 saturated heterocycles. The van der Waals surface area contributed by atoms with Crippen LogP contribution in [0.25, 0.3) is 0 Å². The minimum absolute atomic E-state index is 0.0374. The minimum Gasteiger partial charge on any atom is -0.468 e. The number of sulfonamides is 1. The van der Waals surface area contributed by atoms with Crippen LogP contribution in [-0.2, 0) is 28.5 Å². The van der Waals surface area contributed by atoms with Crippen LogP contribution in [0.5, 0.6) is 0 Å². The molecule has 0 aliphatic heterocycles. The fourth-order valence-electron chi connectivity index (χ4n) is 2.65. The predicted octanol–water partition coefficient (Wildman–Crippen LogP) is 4.56. The Morgan fingerprint density at radius 1 is 0.846 bits per heavy atom. The molecule has 0 bridgehead atoms. The van der Waals surface area contributed by atoms with E-state index in [0.29, 0.717) is 11.5 Å². The van der Waals surface area contributed by atoms with Crippen LogP contribution in [0.15, 0.2) is 74.8 Å². The number of rotatable bonds is 6. The van der Waals surface area contributed by atoms with E-state index in [2.05, 4.69) is 20.8 Å². The molecule has 0 spiro atoms. The van der Waals surface area contributed by atoms with Gasteiger partial charge in [-0.25, -0.2) is 8.42 Å². The van der Waals surface area contributed by atoms with Gasteiger partial charge in [0.2, 0.25) is 10.0 Å². The van der Waals surface area contributed by atoms with Crippen molar-refractivity contribution in [3.05, 3.63) is 78.1 Å². The van der Waals surface area contributed by atoms with Crippen LogP contribution in [0, 0.1) is 0 Å². The maximum Gasteiger partial charge on any atom is 0.243 e. The fraction of sp³-hybridized carbons (Fsp3) is 0.300. The van der Waals surface area contributed by atoms with E-state index < -0.39 is 10.0 Å². The molecule has 138 valence electrons. The van der Waals surface area contributed by atoms with Crippen LogP contribution >= 0.6 is 0 Å². The third kappa shape index (κ3) is 4.08. The Bertz CT molecular complexity index is 883. The molecule has 6 heteroatoms. The zero-order valence-electron chi connectivity index (χ0n) is 15.2. The van der Waals surface area contributed by atoms with E-state index in [-0.39, 0.29) is 23.4 Å². The Labute approximate surface area is 154 Å². The molecule has 2 aromatic heterocycles. The second-order valence-corrected chi connectivity index (χ2v) is 9.14. The van der Waals surface area contributed by atoms with Crippen molar-refractivity contribution in [3.63, 3.8) is 0 Å². The fourth-order valence-corrected chi connectivity index (χ4v) is 4.03. The lowest BCUT2D eigenvalue weighted by molar-refractivity contribution is 0.330. The first-order valence-corrected chi connectivity index (χ1v) is 9.86. The van der Waals surface area contributed by atoms with Crippen molar-refractivity contribution >= 4 is 10.0 Å². The lowest BCUT2D eigenvalue weighted by Crippen LogP contribution is -2.30. The first kappa shape index (κ1) is 18.5. The lowest BCUT2D eigenvalue weighted by atomic mass is 9.87. The van der Waals surface area contributed by atoms with Gasteiger partial charge in [0.1, 0.15) is 11.5 Å². The van der Waals surface area contributed by atoms with Crippen LogP contribution in [-0.4, -0.2) is 12.7 Å². The highest BCUT2D eigenvalue weighted by molar-refractivity contribution is 7.89. The average Bonchev–Trinajstić information content (AvgIpc) is 3.27. The third-order valence-corrected chi connectivity index (χ3v) is 5.99. The Morgan fingerprint density at radius 3 is 1.73 bits per heavy atom. The molecule has 0 unspecified atom stereocenters. The van der Waals surface area contributed by atoms with Crippen molar-refractivity contribution in [2.75, 3.05) is 0 Å². The Balaban J connectivity index is 1.92. The topological polar surface area (TPSA) is 63.7 Å². The minimum atomic E-state index is -3.70. The van der Waals surface area contributed by atoms with Gasteiger partial charge in [-0.05, 0) is 47.4 Å². The first-order chi connectivity index (χ1) is 12.3. The Kier molecular flexibility index (Phi) is 5.07. The zero-order valence-corrected chi connectivity index (χ0v) is 16.0. The summed E-state index contributed by atoms with van der Waals surface area (Å²) in [6.07, 6.45) is 3.07. The number of furan rings is 2. The van der Waals surface area contributed by atoms with E-state index in [0.717, 1.165) is 5.56 Å². The van der Waals surface area contributed by atoms with Crippen LogP contribution in [0.4, 0.5) is 0 Å². The molecule has 0 aliphatic rings. The maximum absolute atomic E-state index is 13.2. The van der Waals surface area contributed by atoms with Gasteiger partial charge in [0.15, 0.2) is 0 Å². The van der Waals surface area contributed by atoms with Crippen LogP contribution in [0.2, 0.25) is 0 Å². The highest BCUT2D eigenvalue weighted by Gasteiger charge is 2.27. The van der Waals surface area contributed by atoms with Gasteiger partial charge in [-0.3, -0.25) is 0 Å². The van der Waals surface area contributed by atoms with Gasteiger partial charge >= 0.3 is 0 Å². The summed E-state index contributed by atoms with van der Waals surface area (Å²) in [6, 6.07) is 14.0. The Morgan fingerprint density at radius 2 is 1.35 bits per heavy atom. The summed E-state index contributed by atoms with van der Waals surface area (Å²) < 4.78 is 38.4. The van der Waals surface area contributed by atoms with Gasteiger partial charge < -0.3 is 8.83 Å². The van der Waals surface area contributed by atoms with Crippen molar-refractivity contribution in [1.82, 2.24) is 4.31 Å². The SMILES string of the molecule is CC(C)(C)c1ccc(S(=O)(=O)N(Cc2ccco2)Cc2ccco2)cc1. The van der Waals surface area contributed by atoms with E-state index in [1.54, 1.807) is 36.4 Å². The largest absolute Gasteiger partial charge is 0.468 e. The van der Waals surface area contributed by atoms with Gasteiger partial charge in [0.25, 0.3) is 0 Å². The lowest BCUT2D eigenvalue weighted by Gasteiger charge is -2.22. The van der Waals surface area contributed by atoms with E-state index in [4.69, 9.17) is 8.83 Å². The third-order valence-electron chi connectivity index (χ3n) is 4.18. The number of hydrogen-bond acceptors (Lipinski definition) is 4. The van der Waals surface area contributed by atoms with E-state index in [9.17, 15) is 8.42 Å². The monoisotopic (exact) mass is 373 g/mol. The molecule has 0 atom stereocenters. The molecular formula is C20H23NO4S. The average molecular weight is 373 g/mol. The summed E-state index contributed by atoms with van der Waals surface area (Å²) >= 11 is 0. The molecule has 0 radical (unpaired) electrons. The molecule has 26 heavy (non-hydrogen) atoms. The predicted molar refractivity (Wildman–Crippen MR) is 99.0 cm³/mol. The van der Waals surface area contributed by atoms with Gasteiger partial charge in [-0.15, -0.1) is 0 Å². The molecule has 3 rings (SSSR count). The van der Waals surface area contributed by atoms with Gasteiger partial charge in [-0.1, -0.05) is 32.9 Å². The van der Waals surface area contributed by atoms with Gasteiger partial charge in [0, 0.05) is 0 Å². The molecule has 0 N–H and O–H groups in total. The molecule has 0 amide bonds. The summed E-state index contributed by atoms with van der Waals surface area (Å²) in [7, 11) is -3.70. The first-order valence-electron chi connectivity index (χ1n) is 8.42. The summed E-state index contributed by atoms with van der Waals surface area (Å²) in [5, 5.41) is 0. The molecule has 0 aliphatic carbocycles. The van der Waals surface area contributed by atoms with Crippen LogP contribution in [0.1, 0.15) is 37.9 Å². The Hall–Kier alpha value is -2.31. The molecular weight excluding hydrogens is 350 g/mol. The van der Waals surface area contributed by atoms with Crippen molar-refractivity contribution < 1.29 is 17.3 Å². The molecule has 1 aromatic carbocycles. The van der Waals surface area contributed by atoms with Crippen molar-refractivity contribution in [2.45, 2.75) is 44.2 Å². The summed E-state index contributed by atoms with van der Waals surface area (Å²) in [5.74, 6) is 1.15. The smallest absolute Gasteiger partial charge is 0.243 e. The van der Waals surface area contributed by atoms with Crippen molar-refractivity contribution in [2.24, 2.45) is 0 Å². The van der Waals surface area contributed by atoms with E-state index >= 15 is 0 Å². The van der Waals surface area contributed by atoms with Crippen LogP contribution in [0.3, 0.4) is 0 Å². The zero-order chi connectivity index (χ0) is 18.8. The molecule has 3 aromatic rings. The molecule has 0 fully saturated rings. The highest BCUT2D eigenvalue weighted by Crippen LogP contribution is 2.26. The highest BCUT2D eigenvalue weighted by atomic mass is 32.2. The standard InChI is InChI=1S/C20H23NO4S/c1-20(2,3)16-8-10-19(11-9-16)26(22,23)21(14-17-6-4-12-24-17)15-18-7-5-13-25-18/h4-13H,14-15H2,1-3H3.